The third-order valence-electron chi connectivity index (χ3n) is 2.81. The van der Waals surface area contributed by atoms with Gasteiger partial charge in [-0.2, -0.15) is 0 Å². The summed E-state index contributed by atoms with van der Waals surface area (Å²) in [5, 5.41) is 13.4. The molecule has 0 saturated heterocycles. The van der Waals surface area contributed by atoms with Crippen molar-refractivity contribution in [2.75, 3.05) is 0 Å². The van der Waals surface area contributed by atoms with E-state index in [1.54, 1.807) is 6.20 Å². The van der Waals surface area contributed by atoms with Crippen LogP contribution in [0.3, 0.4) is 0 Å². The highest BCUT2D eigenvalue weighted by atomic mass is 16.4. The van der Waals surface area contributed by atoms with Crippen molar-refractivity contribution in [3.05, 3.63) is 18.2 Å². The van der Waals surface area contributed by atoms with Crippen LogP contribution in [0.5, 0.6) is 0 Å². The third-order valence-corrected chi connectivity index (χ3v) is 2.81. The Morgan fingerprint density at radius 3 is 2.43 bits per heavy atom. The molecular weight excluding hydrogens is 278 g/mol. The average molecular weight is 297 g/mol. The van der Waals surface area contributed by atoms with E-state index in [0.29, 0.717) is 5.69 Å². The van der Waals surface area contributed by atoms with Crippen molar-refractivity contribution in [3.63, 3.8) is 0 Å². The molecule has 0 aliphatic carbocycles. The Morgan fingerprint density at radius 2 is 1.90 bits per heavy atom. The van der Waals surface area contributed by atoms with E-state index in [1.165, 1.54) is 20.2 Å². The highest BCUT2D eigenvalue weighted by Gasteiger charge is 2.23. The predicted molar refractivity (Wildman–Crippen MR) is 73.1 cm³/mol. The molecule has 1 heterocycles. The second-order valence-corrected chi connectivity index (χ2v) is 4.69. The Balaban J connectivity index is 2.45. The number of aromatic amines is 1. The van der Waals surface area contributed by atoms with E-state index in [1.807, 2.05) is 0 Å². The van der Waals surface area contributed by atoms with Crippen LogP contribution in [0.25, 0.3) is 0 Å². The van der Waals surface area contributed by atoms with Crippen molar-refractivity contribution >= 4 is 17.8 Å². The lowest BCUT2D eigenvalue weighted by Gasteiger charge is -2.18. The molecule has 0 aliphatic heterocycles. The zero-order chi connectivity index (χ0) is 16.0. The molecule has 1 aromatic rings. The van der Waals surface area contributed by atoms with Gasteiger partial charge in [-0.1, -0.05) is 0 Å². The van der Waals surface area contributed by atoms with Crippen LogP contribution in [-0.4, -0.2) is 51.0 Å². The molecule has 0 fully saturated rings. The molecule has 1 aromatic heterocycles. The maximum atomic E-state index is 11.8. The zero-order valence-electron chi connectivity index (χ0n) is 11.8. The summed E-state index contributed by atoms with van der Waals surface area (Å²) in [7, 11) is 0. The fourth-order valence-corrected chi connectivity index (χ4v) is 1.51. The van der Waals surface area contributed by atoms with Crippen molar-refractivity contribution in [3.8, 4) is 0 Å². The quantitative estimate of drug-likeness (QED) is 0.408. The minimum atomic E-state index is -1.15. The Morgan fingerprint density at radius 1 is 1.29 bits per heavy atom. The van der Waals surface area contributed by atoms with Gasteiger partial charge in [0, 0.05) is 18.3 Å². The topological polar surface area (TPSA) is 150 Å². The summed E-state index contributed by atoms with van der Waals surface area (Å²) in [6.45, 7) is 2.78. The molecule has 1 rings (SSSR count). The molecule has 0 aromatic carbocycles. The summed E-state index contributed by atoms with van der Waals surface area (Å²) in [4.78, 5) is 40.8. The first kappa shape index (κ1) is 16.6. The van der Waals surface area contributed by atoms with Crippen molar-refractivity contribution in [2.45, 2.75) is 38.4 Å². The zero-order valence-corrected chi connectivity index (χ0v) is 11.8. The van der Waals surface area contributed by atoms with E-state index >= 15 is 0 Å². The minimum Gasteiger partial charge on any atom is -0.480 e. The molecule has 0 radical (unpaired) electrons. The largest absolute Gasteiger partial charge is 0.480 e. The predicted octanol–water partition coefficient (Wildman–Crippen LogP) is -1.63. The SMILES string of the molecule is CC(NC(=O)C(C)NC(=O)C(N)Cc1cnc[nH]1)C(=O)O. The van der Waals surface area contributed by atoms with E-state index in [2.05, 4.69) is 20.6 Å². The van der Waals surface area contributed by atoms with Crippen LogP contribution < -0.4 is 16.4 Å². The van der Waals surface area contributed by atoms with Crippen molar-refractivity contribution in [2.24, 2.45) is 5.73 Å². The number of carboxylic acid groups (broad SMARTS) is 1. The average Bonchev–Trinajstić information content (AvgIpc) is 2.90. The van der Waals surface area contributed by atoms with Gasteiger partial charge < -0.3 is 26.5 Å². The van der Waals surface area contributed by atoms with Gasteiger partial charge in [0.2, 0.25) is 11.8 Å². The molecule has 0 spiro atoms. The molecule has 116 valence electrons. The van der Waals surface area contributed by atoms with E-state index in [4.69, 9.17) is 10.8 Å². The summed E-state index contributed by atoms with van der Waals surface area (Å²) in [6.07, 6.45) is 3.28. The molecule has 0 bridgehead atoms. The lowest BCUT2D eigenvalue weighted by molar-refractivity contribution is -0.141. The van der Waals surface area contributed by atoms with Gasteiger partial charge in [-0.25, -0.2) is 4.98 Å². The number of nitrogens with one attached hydrogen (secondary N) is 3. The summed E-state index contributed by atoms with van der Waals surface area (Å²) in [6, 6.07) is -2.75. The van der Waals surface area contributed by atoms with Crippen LogP contribution in [0.2, 0.25) is 0 Å². The van der Waals surface area contributed by atoms with Gasteiger partial charge in [0.25, 0.3) is 0 Å². The number of nitrogens with two attached hydrogens (primary N) is 1. The lowest BCUT2D eigenvalue weighted by atomic mass is 10.1. The van der Waals surface area contributed by atoms with E-state index in [0.717, 1.165) is 0 Å². The number of amides is 2. The molecule has 0 aliphatic rings. The number of rotatable bonds is 7. The smallest absolute Gasteiger partial charge is 0.325 e. The van der Waals surface area contributed by atoms with Gasteiger partial charge in [0.05, 0.1) is 12.4 Å². The van der Waals surface area contributed by atoms with E-state index in [9.17, 15) is 14.4 Å². The summed E-state index contributed by atoms with van der Waals surface area (Å²) < 4.78 is 0. The molecule has 3 atom stereocenters. The summed E-state index contributed by atoms with van der Waals surface area (Å²) in [5.74, 6) is -2.25. The van der Waals surface area contributed by atoms with Crippen molar-refractivity contribution in [1.82, 2.24) is 20.6 Å². The fourth-order valence-electron chi connectivity index (χ4n) is 1.51. The number of carbonyl (C=O) groups excluding carboxylic acids is 2. The van der Waals surface area contributed by atoms with Crippen LogP contribution in [0.1, 0.15) is 19.5 Å². The van der Waals surface area contributed by atoms with Gasteiger partial charge in [-0.05, 0) is 13.8 Å². The first-order chi connectivity index (χ1) is 9.81. The van der Waals surface area contributed by atoms with Gasteiger partial charge in [-0.15, -0.1) is 0 Å². The summed E-state index contributed by atoms with van der Waals surface area (Å²) in [5.41, 5.74) is 6.42. The highest BCUT2D eigenvalue weighted by Crippen LogP contribution is 1.97. The Kier molecular flexibility index (Phi) is 5.85. The maximum Gasteiger partial charge on any atom is 0.325 e. The fraction of sp³-hybridized carbons (Fsp3) is 0.500. The lowest BCUT2D eigenvalue weighted by Crippen LogP contribution is -2.53. The number of carboxylic acids is 1. The Labute approximate surface area is 121 Å². The molecule has 2 amide bonds. The molecule has 9 nitrogen and oxygen atoms in total. The number of hydrogen-bond donors (Lipinski definition) is 5. The van der Waals surface area contributed by atoms with E-state index in [-0.39, 0.29) is 6.42 Å². The second-order valence-electron chi connectivity index (χ2n) is 4.69. The van der Waals surface area contributed by atoms with Crippen LogP contribution in [-0.2, 0) is 20.8 Å². The molecule has 6 N–H and O–H groups in total. The summed E-state index contributed by atoms with van der Waals surface area (Å²) >= 11 is 0. The number of nitrogens with zero attached hydrogens (tertiary/aromatic N) is 1. The van der Waals surface area contributed by atoms with Gasteiger partial charge in [0.1, 0.15) is 12.1 Å². The van der Waals surface area contributed by atoms with Crippen LogP contribution in [0.15, 0.2) is 12.5 Å². The molecule has 21 heavy (non-hydrogen) atoms. The second kappa shape index (κ2) is 7.39. The molecule has 9 heteroatoms. The first-order valence-corrected chi connectivity index (χ1v) is 6.37. The van der Waals surface area contributed by atoms with Crippen molar-refractivity contribution in [1.29, 1.82) is 0 Å². The number of aliphatic carboxylic acids is 1. The monoisotopic (exact) mass is 297 g/mol. The van der Waals surface area contributed by atoms with Gasteiger partial charge >= 0.3 is 5.97 Å². The Bertz CT molecular complexity index is 502. The van der Waals surface area contributed by atoms with Crippen LogP contribution in [0, 0.1) is 0 Å². The Hall–Kier alpha value is -2.42. The first-order valence-electron chi connectivity index (χ1n) is 6.37. The van der Waals surface area contributed by atoms with Crippen LogP contribution >= 0.6 is 0 Å². The van der Waals surface area contributed by atoms with Gasteiger partial charge in [0.15, 0.2) is 0 Å². The van der Waals surface area contributed by atoms with Crippen molar-refractivity contribution < 1.29 is 19.5 Å². The standard InChI is InChI=1S/C12H19N5O4/c1-6(10(18)17-7(2)12(20)21)16-11(19)9(13)3-8-4-14-5-15-8/h4-7,9H,3,13H2,1-2H3,(H,14,15)(H,16,19)(H,17,18)(H,20,21). The third kappa shape index (κ3) is 5.22. The highest BCUT2D eigenvalue weighted by molar-refractivity contribution is 5.91. The number of H-pyrrole nitrogens is 1. The maximum absolute atomic E-state index is 11.8. The molecular formula is C12H19N5O4. The number of aromatic nitrogens is 2. The van der Waals surface area contributed by atoms with E-state index < -0.39 is 35.9 Å². The van der Waals surface area contributed by atoms with Crippen LogP contribution in [0.4, 0.5) is 0 Å². The molecule has 0 saturated carbocycles. The van der Waals surface area contributed by atoms with Gasteiger partial charge in [-0.3, -0.25) is 14.4 Å². The number of hydrogen-bond acceptors (Lipinski definition) is 5. The number of imidazole rings is 1. The minimum absolute atomic E-state index is 0.256. The normalized spacial score (nSPS) is 14.8. The molecule has 3 unspecified atom stereocenters. The number of carbonyl (C=O) groups is 3.